The molecule has 0 aromatic heterocycles. The van der Waals surface area contributed by atoms with Gasteiger partial charge in [-0.1, -0.05) is 78.9 Å². The first kappa shape index (κ1) is 25.0. The van der Waals surface area contributed by atoms with Crippen LogP contribution in [0.15, 0.2) is 103 Å². The molecule has 0 radical (unpaired) electrons. The molecule has 3 heterocycles. The number of hydrogen-bond acceptors (Lipinski definition) is 5. The molecule has 0 saturated carbocycles. The highest BCUT2D eigenvalue weighted by molar-refractivity contribution is 6.18. The lowest BCUT2D eigenvalue weighted by molar-refractivity contribution is -0.121. The quantitative estimate of drug-likeness (QED) is 0.327. The SMILES string of the molecule is COc1ccc(C(=O)[C@@H]2[C@H](C(=O)c3ccccc3)N3c4ccccc4C=C[C@@H]3[C@]23C(=O)Nc2ccccc23)cc1F. The van der Waals surface area contributed by atoms with E-state index in [1.165, 1.54) is 19.2 Å². The van der Waals surface area contributed by atoms with Crippen LogP contribution >= 0.6 is 0 Å². The summed E-state index contributed by atoms with van der Waals surface area (Å²) >= 11 is 0. The third-order valence-corrected chi connectivity index (χ3v) is 8.59. The molecule has 1 amide bonds. The summed E-state index contributed by atoms with van der Waals surface area (Å²) in [6.45, 7) is 0. The molecule has 1 fully saturated rings. The number of benzene rings is 4. The van der Waals surface area contributed by atoms with E-state index < -0.39 is 35.0 Å². The number of methoxy groups -OCH3 is 1. The Morgan fingerprint density at radius 3 is 2.39 bits per heavy atom. The van der Waals surface area contributed by atoms with Gasteiger partial charge in [0.15, 0.2) is 23.1 Å². The molecule has 0 unspecified atom stereocenters. The number of ether oxygens (including phenoxy) is 1. The first-order valence-corrected chi connectivity index (χ1v) is 13.4. The normalized spacial score (nSPS) is 23.5. The van der Waals surface area contributed by atoms with Gasteiger partial charge in [-0.3, -0.25) is 14.4 Å². The van der Waals surface area contributed by atoms with Gasteiger partial charge in [0.05, 0.1) is 19.1 Å². The first-order valence-electron chi connectivity index (χ1n) is 13.4. The van der Waals surface area contributed by atoms with Crippen LogP contribution in [0, 0.1) is 11.7 Å². The van der Waals surface area contributed by atoms with Crippen molar-refractivity contribution in [3.05, 3.63) is 131 Å². The number of rotatable bonds is 5. The van der Waals surface area contributed by atoms with Crippen LogP contribution in [-0.4, -0.2) is 36.7 Å². The maximum Gasteiger partial charge on any atom is 0.238 e. The van der Waals surface area contributed by atoms with Gasteiger partial charge in [-0.25, -0.2) is 4.39 Å². The summed E-state index contributed by atoms with van der Waals surface area (Å²) in [5.41, 5.74) is 1.89. The van der Waals surface area contributed by atoms with Crippen LogP contribution in [0.1, 0.15) is 31.8 Å². The minimum Gasteiger partial charge on any atom is -0.494 e. The molecule has 4 atom stereocenters. The van der Waals surface area contributed by atoms with Crippen LogP contribution in [-0.2, 0) is 10.2 Å². The number of para-hydroxylation sites is 2. The van der Waals surface area contributed by atoms with Gasteiger partial charge >= 0.3 is 0 Å². The summed E-state index contributed by atoms with van der Waals surface area (Å²) in [6.07, 6.45) is 3.85. The standard InChI is InChI=1S/C34H25FN2O4/c1-41-27-17-15-22(19-24(27)35)31(38)29-30(32(39)21-10-3-2-4-11-21)37-26-14-8-5-9-20(26)16-18-28(37)34(29)23-12-6-7-13-25(23)36-33(34)40/h2-19,28-30H,1H3,(H,36,40)/t28-,29+,30-,34+/m1/s1. The molecule has 4 aromatic rings. The van der Waals surface area contributed by atoms with Crippen LogP contribution in [0.2, 0.25) is 0 Å². The molecule has 202 valence electrons. The molecule has 3 aliphatic rings. The van der Waals surface area contributed by atoms with Crippen molar-refractivity contribution in [3.8, 4) is 5.75 Å². The molecule has 3 aliphatic heterocycles. The zero-order chi connectivity index (χ0) is 28.3. The van der Waals surface area contributed by atoms with E-state index in [4.69, 9.17) is 4.74 Å². The number of halogens is 1. The van der Waals surface area contributed by atoms with E-state index in [-0.39, 0.29) is 23.0 Å². The zero-order valence-corrected chi connectivity index (χ0v) is 22.1. The van der Waals surface area contributed by atoms with Gasteiger partial charge in [0.25, 0.3) is 0 Å². The fraction of sp³-hybridized carbons (Fsp3) is 0.147. The van der Waals surface area contributed by atoms with E-state index >= 15 is 0 Å². The van der Waals surface area contributed by atoms with E-state index in [9.17, 15) is 18.8 Å². The third kappa shape index (κ3) is 3.45. The molecule has 1 saturated heterocycles. The Hall–Kier alpha value is -5.04. The molecule has 0 bridgehead atoms. The van der Waals surface area contributed by atoms with E-state index in [2.05, 4.69) is 5.32 Å². The van der Waals surface area contributed by atoms with Crippen molar-refractivity contribution in [3.63, 3.8) is 0 Å². The average molecular weight is 545 g/mol. The van der Waals surface area contributed by atoms with E-state index in [0.29, 0.717) is 16.8 Å². The number of carbonyl (C=O) groups is 3. The molecule has 41 heavy (non-hydrogen) atoms. The Labute approximate surface area is 236 Å². The molecule has 1 spiro atoms. The van der Waals surface area contributed by atoms with Crippen LogP contribution in [0.4, 0.5) is 15.8 Å². The summed E-state index contributed by atoms with van der Waals surface area (Å²) < 4.78 is 20.0. The van der Waals surface area contributed by atoms with Crippen LogP contribution in [0.3, 0.4) is 0 Å². The van der Waals surface area contributed by atoms with Crippen molar-refractivity contribution in [2.75, 3.05) is 17.3 Å². The molecular weight excluding hydrogens is 519 g/mol. The minimum absolute atomic E-state index is 0.00201. The Balaban J connectivity index is 1.53. The van der Waals surface area contributed by atoms with Gasteiger partial charge in [-0.15, -0.1) is 0 Å². The first-order chi connectivity index (χ1) is 20.0. The van der Waals surface area contributed by atoms with Gasteiger partial charge in [0.1, 0.15) is 11.5 Å². The van der Waals surface area contributed by atoms with Crippen molar-refractivity contribution in [2.45, 2.75) is 17.5 Å². The Kier molecular flexibility index (Phi) is 5.64. The van der Waals surface area contributed by atoms with Crippen LogP contribution in [0.25, 0.3) is 6.08 Å². The van der Waals surface area contributed by atoms with Gasteiger partial charge in [-0.05, 0) is 41.5 Å². The molecule has 1 N–H and O–H groups in total. The van der Waals surface area contributed by atoms with Gasteiger partial charge < -0.3 is 15.0 Å². The van der Waals surface area contributed by atoms with E-state index in [1.54, 1.807) is 30.3 Å². The average Bonchev–Trinajstić information content (AvgIpc) is 3.49. The molecule has 7 heteroatoms. The number of nitrogens with one attached hydrogen (secondary N) is 1. The lowest BCUT2D eigenvalue weighted by atomic mass is 9.64. The summed E-state index contributed by atoms with van der Waals surface area (Å²) in [7, 11) is 1.35. The zero-order valence-electron chi connectivity index (χ0n) is 22.1. The molecule has 6 nitrogen and oxygen atoms in total. The minimum atomic E-state index is -1.46. The van der Waals surface area contributed by atoms with Crippen molar-refractivity contribution in [1.29, 1.82) is 0 Å². The highest BCUT2D eigenvalue weighted by Gasteiger charge is 2.70. The van der Waals surface area contributed by atoms with Crippen LogP contribution in [0.5, 0.6) is 5.75 Å². The van der Waals surface area contributed by atoms with Gasteiger partial charge in [0, 0.05) is 22.5 Å². The number of nitrogens with zero attached hydrogens (tertiary/aromatic N) is 1. The molecule has 7 rings (SSSR count). The predicted octanol–water partition coefficient (Wildman–Crippen LogP) is 5.69. The summed E-state index contributed by atoms with van der Waals surface area (Å²) in [4.78, 5) is 45.5. The van der Waals surface area contributed by atoms with Crippen molar-refractivity contribution >= 4 is 34.9 Å². The second-order valence-corrected chi connectivity index (χ2v) is 10.5. The fourth-order valence-electron chi connectivity index (χ4n) is 6.89. The number of ketones is 2. The lowest BCUT2D eigenvalue weighted by Gasteiger charge is -2.37. The van der Waals surface area contributed by atoms with Gasteiger partial charge in [0.2, 0.25) is 5.91 Å². The summed E-state index contributed by atoms with van der Waals surface area (Å²) in [5.74, 6) is -3.02. The lowest BCUT2D eigenvalue weighted by Crippen LogP contribution is -2.51. The molecule has 4 aromatic carbocycles. The predicted molar refractivity (Wildman–Crippen MR) is 154 cm³/mol. The summed E-state index contributed by atoms with van der Waals surface area (Å²) in [5, 5.41) is 3.00. The molecular formula is C34H25FN2O4. The number of Topliss-reactive ketones (excluding diaryl/α,β-unsaturated/α-hetero) is 2. The number of amides is 1. The van der Waals surface area contributed by atoms with Crippen LogP contribution < -0.4 is 15.0 Å². The Bertz CT molecular complexity index is 1770. The van der Waals surface area contributed by atoms with Crippen molar-refractivity contribution in [2.24, 2.45) is 5.92 Å². The Morgan fingerprint density at radius 1 is 0.878 bits per heavy atom. The van der Waals surface area contributed by atoms with E-state index in [0.717, 1.165) is 17.3 Å². The third-order valence-electron chi connectivity index (χ3n) is 8.59. The second kappa shape index (κ2) is 9.27. The van der Waals surface area contributed by atoms with Gasteiger partial charge in [-0.2, -0.15) is 0 Å². The summed E-state index contributed by atoms with van der Waals surface area (Å²) in [6, 6.07) is 26.0. The monoisotopic (exact) mass is 544 g/mol. The maximum atomic E-state index is 15.0. The number of anilines is 2. The highest BCUT2D eigenvalue weighted by Crippen LogP contribution is 2.58. The highest BCUT2D eigenvalue weighted by atomic mass is 19.1. The largest absolute Gasteiger partial charge is 0.494 e. The number of hydrogen-bond donors (Lipinski definition) is 1. The van der Waals surface area contributed by atoms with E-state index in [1.807, 2.05) is 65.6 Å². The molecule has 0 aliphatic carbocycles. The topological polar surface area (TPSA) is 75.7 Å². The number of fused-ring (bicyclic) bond motifs is 6. The second-order valence-electron chi connectivity index (χ2n) is 10.5. The number of carbonyl (C=O) groups excluding carboxylic acids is 3. The maximum absolute atomic E-state index is 15.0. The fourth-order valence-corrected chi connectivity index (χ4v) is 6.89. The Morgan fingerprint density at radius 2 is 1.61 bits per heavy atom. The smallest absolute Gasteiger partial charge is 0.238 e. The van der Waals surface area contributed by atoms with Crippen molar-refractivity contribution < 1.29 is 23.5 Å². The van der Waals surface area contributed by atoms with Crippen molar-refractivity contribution in [1.82, 2.24) is 0 Å².